The van der Waals surface area contributed by atoms with Crippen LogP contribution in [0.25, 0.3) is 0 Å². The summed E-state index contributed by atoms with van der Waals surface area (Å²) in [5.74, 6) is -0.894. The summed E-state index contributed by atoms with van der Waals surface area (Å²) in [5, 5.41) is 0. The first-order valence-corrected chi connectivity index (χ1v) is 12.7. The zero-order valence-electron chi connectivity index (χ0n) is 20.3. The van der Waals surface area contributed by atoms with Gasteiger partial charge in [0.25, 0.3) is 5.91 Å². The second-order valence-corrected chi connectivity index (χ2v) is 9.84. The van der Waals surface area contributed by atoms with Crippen molar-refractivity contribution in [3.05, 3.63) is 113 Å². The van der Waals surface area contributed by atoms with Crippen LogP contribution in [0.15, 0.2) is 94.4 Å². The standard InChI is InChI=1S/C27H21F4NO6S/c1-36-24-13-4-18(15-25(24)38-39(34,35)23-11-9-21(28)10-12-23)16-32(17-22-3-2-14-37-22)26(33)19-5-7-20(8-6-19)27(29,30)31/h2-15H,16-17H2,1H3. The molecule has 0 radical (unpaired) electrons. The molecule has 0 aliphatic heterocycles. The third-order valence-corrected chi connectivity index (χ3v) is 6.82. The first-order valence-electron chi connectivity index (χ1n) is 11.3. The highest BCUT2D eigenvalue weighted by molar-refractivity contribution is 7.87. The largest absolute Gasteiger partial charge is 0.493 e. The van der Waals surface area contributed by atoms with Gasteiger partial charge in [-0.1, -0.05) is 6.07 Å². The van der Waals surface area contributed by atoms with Crippen molar-refractivity contribution >= 4 is 16.0 Å². The number of benzene rings is 3. The first kappa shape index (κ1) is 27.7. The van der Waals surface area contributed by atoms with Gasteiger partial charge in [0.05, 0.1) is 25.5 Å². The predicted octanol–water partition coefficient (Wildman–Crippen LogP) is 6.06. The van der Waals surface area contributed by atoms with Crippen LogP contribution in [0.2, 0.25) is 0 Å². The number of hydrogen-bond donors (Lipinski definition) is 0. The number of hydrogen-bond acceptors (Lipinski definition) is 6. The Labute approximate surface area is 221 Å². The number of alkyl halides is 3. The van der Waals surface area contributed by atoms with E-state index in [1.807, 2.05) is 0 Å². The van der Waals surface area contributed by atoms with E-state index < -0.39 is 33.6 Å². The van der Waals surface area contributed by atoms with Crippen LogP contribution in [-0.2, 0) is 29.4 Å². The average Bonchev–Trinajstić information content (AvgIpc) is 3.41. The monoisotopic (exact) mass is 563 g/mol. The Morgan fingerprint density at radius 1 is 0.923 bits per heavy atom. The van der Waals surface area contributed by atoms with E-state index in [0.29, 0.717) is 11.3 Å². The van der Waals surface area contributed by atoms with Crippen molar-refractivity contribution in [2.45, 2.75) is 24.2 Å². The lowest BCUT2D eigenvalue weighted by molar-refractivity contribution is -0.137. The van der Waals surface area contributed by atoms with E-state index in [2.05, 4.69) is 0 Å². The van der Waals surface area contributed by atoms with Gasteiger partial charge in [0.2, 0.25) is 0 Å². The second kappa shape index (κ2) is 11.2. The van der Waals surface area contributed by atoms with E-state index in [9.17, 15) is 30.8 Å². The molecule has 0 aliphatic carbocycles. The topological polar surface area (TPSA) is 86.0 Å². The lowest BCUT2D eigenvalue weighted by Gasteiger charge is -2.23. The molecule has 39 heavy (non-hydrogen) atoms. The fraction of sp³-hybridized carbons (Fsp3) is 0.148. The molecule has 0 aliphatic rings. The summed E-state index contributed by atoms with van der Waals surface area (Å²) < 4.78 is 93.5. The Hall–Kier alpha value is -4.32. The molecule has 1 amide bonds. The molecule has 0 unspecified atom stereocenters. The molecule has 1 heterocycles. The average molecular weight is 564 g/mol. The summed E-state index contributed by atoms with van der Waals surface area (Å²) in [4.78, 5) is 14.3. The highest BCUT2D eigenvalue weighted by Crippen LogP contribution is 2.32. The summed E-state index contributed by atoms with van der Waals surface area (Å²) in [6, 6.07) is 15.5. The van der Waals surface area contributed by atoms with Gasteiger partial charge in [-0.15, -0.1) is 0 Å². The van der Waals surface area contributed by atoms with Gasteiger partial charge in [0, 0.05) is 12.1 Å². The number of furan rings is 1. The van der Waals surface area contributed by atoms with Gasteiger partial charge in [-0.3, -0.25) is 4.79 Å². The number of methoxy groups -OCH3 is 1. The van der Waals surface area contributed by atoms with Crippen molar-refractivity contribution in [1.29, 1.82) is 0 Å². The molecule has 0 spiro atoms. The molecule has 0 bridgehead atoms. The maximum atomic E-state index is 13.3. The maximum absolute atomic E-state index is 13.3. The van der Waals surface area contributed by atoms with Crippen molar-refractivity contribution in [2.75, 3.05) is 7.11 Å². The summed E-state index contributed by atoms with van der Waals surface area (Å²) in [5.41, 5.74) is -0.457. The molecule has 1 aromatic heterocycles. The quantitative estimate of drug-likeness (QED) is 0.182. The van der Waals surface area contributed by atoms with E-state index in [1.54, 1.807) is 18.2 Å². The van der Waals surface area contributed by atoms with Crippen LogP contribution in [0.5, 0.6) is 11.5 Å². The van der Waals surface area contributed by atoms with Crippen LogP contribution in [0.3, 0.4) is 0 Å². The molecule has 204 valence electrons. The minimum Gasteiger partial charge on any atom is -0.493 e. The van der Waals surface area contributed by atoms with Crippen LogP contribution in [0.4, 0.5) is 17.6 Å². The molecule has 4 aromatic rings. The molecule has 0 fully saturated rings. The van der Waals surface area contributed by atoms with Crippen molar-refractivity contribution in [3.63, 3.8) is 0 Å². The van der Waals surface area contributed by atoms with Gasteiger partial charge in [-0.05, 0) is 78.4 Å². The molecular formula is C27H21F4NO6S. The van der Waals surface area contributed by atoms with Crippen molar-refractivity contribution < 1.29 is 44.1 Å². The van der Waals surface area contributed by atoms with E-state index >= 15 is 0 Å². The number of halogens is 4. The third kappa shape index (κ3) is 6.77. The summed E-state index contributed by atoms with van der Waals surface area (Å²) in [6.45, 7) is -0.111. The number of carbonyl (C=O) groups excluding carboxylic acids is 1. The first-order chi connectivity index (χ1) is 18.5. The lowest BCUT2D eigenvalue weighted by atomic mass is 10.1. The van der Waals surface area contributed by atoms with Gasteiger partial charge < -0.3 is 18.2 Å². The fourth-order valence-electron chi connectivity index (χ4n) is 3.65. The zero-order valence-corrected chi connectivity index (χ0v) is 21.1. The molecule has 0 atom stereocenters. The number of carbonyl (C=O) groups is 1. The number of rotatable bonds is 9. The molecule has 4 rings (SSSR count). The highest BCUT2D eigenvalue weighted by atomic mass is 32.2. The third-order valence-electron chi connectivity index (χ3n) is 5.58. The van der Waals surface area contributed by atoms with Gasteiger partial charge in [-0.2, -0.15) is 21.6 Å². The van der Waals surface area contributed by atoms with Crippen LogP contribution in [0.1, 0.15) is 27.2 Å². The number of amides is 1. The summed E-state index contributed by atoms with van der Waals surface area (Å²) in [6.07, 6.45) is -3.14. The SMILES string of the molecule is COc1ccc(CN(Cc2ccco2)C(=O)c2ccc(C(F)(F)F)cc2)cc1OS(=O)(=O)c1ccc(F)cc1. The normalized spacial score (nSPS) is 11.7. The Morgan fingerprint density at radius 2 is 1.62 bits per heavy atom. The van der Waals surface area contributed by atoms with Crippen molar-refractivity contribution in [3.8, 4) is 11.5 Å². The molecule has 7 nitrogen and oxygen atoms in total. The number of nitrogens with zero attached hydrogens (tertiary/aromatic N) is 1. The van der Waals surface area contributed by atoms with E-state index in [1.165, 1.54) is 30.4 Å². The molecule has 0 saturated carbocycles. The second-order valence-electron chi connectivity index (χ2n) is 8.29. The van der Waals surface area contributed by atoms with Crippen LogP contribution < -0.4 is 8.92 Å². The molecule has 12 heteroatoms. The molecule has 0 saturated heterocycles. The maximum Gasteiger partial charge on any atom is 0.416 e. The van der Waals surface area contributed by atoms with Crippen LogP contribution in [-0.4, -0.2) is 26.3 Å². The van der Waals surface area contributed by atoms with Gasteiger partial charge >= 0.3 is 16.3 Å². The van der Waals surface area contributed by atoms with Crippen LogP contribution >= 0.6 is 0 Å². The fourth-order valence-corrected chi connectivity index (χ4v) is 4.58. The smallest absolute Gasteiger partial charge is 0.416 e. The Balaban J connectivity index is 1.63. The summed E-state index contributed by atoms with van der Waals surface area (Å²) in [7, 11) is -3.05. The van der Waals surface area contributed by atoms with Crippen LogP contribution in [0, 0.1) is 5.82 Å². The van der Waals surface area contributed by atoms with Gasteiger partial charge in [0.1, 0.15) is 16.5 Å². The van der Waals surface area contributed by atoms with E-state index in [4.69, 9.17) is 13.3 Å². The van der Waals surface area contributed by atoms with E-state index in [0.717, 1.165) is 48.5 Å². The lowest BCUT2D eigenvalue weighted by Crippen LogP contribution is -2.30. The Kier molecular flexibility index (Phi) is 7.95. The predicted molar refractivity (Wildman–Crippen MR) is 131 cm³/mol. The zero-order chi connectivity index (χ0) is 28.2. The minimum atomic E-state index is -4.55. The van der Waals surface area contributed by atoms with Gasteiger partial charge in [-0.25, -0.2) is 4.39 Å². The van der Waals surface area contributed by atoms with Gasteiger partial charge in [0.15, 0.2) is 11.5 Å². The van der Waals surface area contributed by atoms with Crippen molar-refractivity contribution in [1.82, 2.24) is 4.90 Å². The molecular weight excluding hydrogens is 542 g/mol. The molecule has 0 N–H and O–H groups in total. The highest BCUT2D eigenvalue weighted by Gasteiger charge is 2.30. The number of ether oxygens (including phenoxy) is 1. The van der Waals surface area contributed by atoms with E-state index in [-0.39, 0.29) is 35.0 Å². The summed E-state index contributed by atoms with van der Waals surface area (Å²) >= 11 is 0. The van der Waals surface area contributed by atoms with Crippen molar-refractivity contribution in [2.24, 2.45) is 0 Å². The Bertz CT molecular complexity index is 1530. The molecule has 3 aromatic carbocycles. The minimum absolute atomic E-state index is 0.0124. The Morgan fingerprint density at radius 3 is 2.21 bits per heavy atom.